The molecule has 0 saturated carbocycles. The Labute approximate surface area is 65.1 Å². The van der Waals surface area contributed by atoms with E-state index in [0.29, 0.717) is 6.42 Å². The van der Waals surface area contributed by atoms with Crippen LogP contribution in [0.25, 0.3) is 0 Å². The van der Waals surface area contributed by atoms with Crippen molar-refractivity contribution >= 4 is 17.7 Å². The van der Waals surface area contributed by atoms with Gasteiger partial charge < -0.3 is 5.32 Å². The van der Waals surface area contributed by atoms with Crippen LogP contribution in [0, 0.1) is 0 Å². The summed E-state index contributed by atoms with van der Waals surface area (Å²) in [5.41, 5.74) is 0. The summed E-state index contributed by atoms with van der Waals surface area (Å²) < 4.78 is 0. The fraction of sp³-hybridized carbons (Fsp3) is 0.571. The molecule has 1 amide bonds. The van der Waals surface area contributed by atoms with E-state index in [9.17, 15) is 4.79 Å². The summed E-state index contributed by atoms with van der Waals surface area (Å²) in [4.78, 5) is 10.6. The lowest BCUT2D eigenvalue weighted by atomic mass is 10.0. The second kappa shape index (κ2) is 2.66. The molecular weight excluding hydrogens is 146 g/mol. The summed E-state index contributed by atoms with van der Waals surface area (Å²) in [6.07, 6.45) is 5.35. The van der Waals surface area contributed by atoms with Crippen LogP contribution in [-0.2, 0) is 4.79 Å². The normalized spacial score (nSPS) is 30.7. The van der Waals surface area contributed by atoms with Crippen LogP contribution in [0.5, 0.6) is 0 Å². The van der Waals surface area contributed by atoms with E-state index in [1.54, 1.807) is 11.8 Å². The van der Waals surface area contributed by atoms with E-state index in [2.05, 4.69) is 11.9 Å². The summed E-state index contributed by atoms with van der Waals surface area (Å²) in [5.74, 6) is 0.149. The van der Waals surface area contributed by atoms with Crippen LogP contribution in [0.4, 0.5) is 0 Å². The average molecular weight is 157 g/mol. The largest absolute Gasteiger partial charge is 0.341 e. The molecule has 0 radical (unpaired) electrons. The molecule has 0 aliphatic carbocycles. The molecule has 56 valence electrons. The van der Waals surface area contributed by atoms with Gasteiger partial charge in [-0.3, -0.25) is 4.79 Å². The lowest BCUT2D eigenvalue weighted by Crippen LogP contribution is -2.58. The molecule has 0 spiro atoms. The number of β-lactam (4-membered cyclic amide) rings is 1. The Bertz CT molecular complexity index is 153. The lowest BCUT2D eigenvalue weighted by molar-refractivity contribution is -0.129. The number of thioether (sulfide) groups is 1. The highest BCUT2D eigenvalue weighted by Crippen LogP contribution is 2.34. The first kappa shape index (κ1) is 7.66. The van der Waals surface area contributed by atoms with Crippen molar-refractivity contribution in [1.29, 1.82) is 0 Å². The van der Waals surface area contributed by atoms with Gasteiger partial charge in [-0.25, -0.2) is 0 Å². The van der Waals surface area contributed by atoms with Crippen molar-refractivity contribution in [3.63, 3.8) is 0 Å². The summed E-state index contributed by atoms with van der Waals surface area (Å²) in [6, 6.07) is 0. The zero-order chi connectivity index (χ0) is 7.61. The van der Waals surface area contributed by atoms with Gasteiger partial charge in [0, 0.05) is 0 Å². The predicted octanol–water partition coefficient (Wildman–Crippen LogP) is 1.14. The molecule has 0 aromatic rings. The van der Waals surface area contributed by atoms with E-state index in [1.165, 1.54) is 0 Å². The number of rotatable bonds is 3. The topological polar surface area (TPSA) is 29.1 Å². The quantitative estimate of drug-likeness (QED) is 0.491. The van der Waals surface area contributed by atoms with Gasteiger partial charge in [0.2, 0.25) is 5.91 Å². The molecule has 1 fully saturated rings. The second-order valence-electron chi connectivity index (χ2n) is 2.42. The van der Waals surface area contributed by atoms with E-state index in [1.807, 2.05) is 12.3 Å². The minimum Gasteiger partial charge on any atom is -0.341 e. The SMILES string of the molecule is C=CCC1(SC)CC(=O)N1. The van der Waals surface area contributed by atoms with E-state index in [0.717, 1.165) is 6.42 Å². The molecule has 1 atom stereocenters. The summed E-state index contributed by atoms with van der Waals surface area (Å²) in [5, 5.41) is 2.86. The Balaban J connectivity index is 2.47. The summed E-state index contributed by atoms with van der Waals surface area (Å²) in [7, 11) is 0. The Morgan fingerprint density at radius 1 is 2.00 bits per heavy atom. The Kier molecular flexibility index (Phi) is 2.04. The van der Waals surface area contributed by atoms with Gasteiger partial charge >= 0.3 is 0 Å². The Morgan fingerprint density at radius 3 is 2.90 bits per heavy atom. The standard InChI is InChI=1S/C7H11NOS/c1-3-4-7(10-2)5-6(9)8-7/h3H,1,4-5H2,2H3,(H,8,9). The van der Waals surface area contributed by atoms with E-state index in [-0.39, 0.29) is 10.8 Å². The van der Waals surface area contributed by atoms with Crippen LogP contribution in [0.15, 0.2) is 12.7 Å². The molecule has 1 aliphatic heterocycles. The Hall–Kier alpha value is -0.440. The van der Waals surface area contributed by atoms with Gasteiger partial charge in [0.1, 0.15) is 0 Å². The number of hydrogen-bond donors (Lipinski definition) is 1. The minimum absolute atomic E-state index is 0.0150. The average Bonchev–Trinajstić information content (AvgIpc) is 1.84. The number of carbonyl (C=O) groups excluding carboxylic acids is 1. The maximum absolute atomic E-state index is 10.6. The van der Waals surface area contributed by atoms with E-state index in [4.69, 9.17) is 0 Å². The smallest absolute Gasteiger partial charge is 0.224 e. The highest BCUT2D eigenvalue weighted by molar-refractivity contribution is 8.00. The summed E-state index contributed by atoms with van der Waals surface area (Å²) >= 11 is 1.68. The van der Waals surface area contributed by atoms with Gasteiger partial charge in [-0.15, -0.1) is 18.3 Å². The third-order valence-electron chi connectivity index (χ3n) is 1.68. The molecule has 1 N–H and O–H groups in total. The van der Waals surface area contributed by atoms with Crippen molar-refractivity contribution in [3.8, 4) is 0 Å². The number of amides is 1. The molecule has 0 aromatic carbocycles. The van der Waals surface area contributed by atoms with Crippen molar-refractivity contribution in [3.05, 3.63) is 12.7 Å². The zero-order valence-electron chi connectivity index (χ0n) is 6.02. The van der Waals surface area contributed by atoms with Crippen molar-refractivity contribution in [2.24, 2.45) is 0 Å². The molecule has 2 nitrogen and oxygen atoms in total. The number of carbonyl (C=O) groups is 1. The van der Waals surface area contributed by atoms with Crippen molar-refractivity contribution < 1.29 is 4.79 Å². The molecule has 0 aromatic heterocycles. The third-order valence-corrected chi connectivity index (χ3v) is 2.87. The first-order chi connectivity index (χ1) is 4.72. The van der Waals surface area contributed by atoms with Gasteiger partial charge in [0.25, 0.3) is 0 Å². The van der Waals surface area contributed by atoms with Crippen LogP contribution >= 0.6 is 11.8 Å². The lowest BCUT2D eigenvalue weighted by Gasteiger charge is -2.40. The molecular formula is C7H11NOS. The maximum Gasteiger partial charge on any atom is 0.224 e. The third kappa shape index (κ3) is 1.19. The first-order valence-electron chi connectivity index (χ1n) is 3.19. The van der Waals surface area contributed by atoms with Crippen LogP contribution in [-0.4, -0.2) is 17.0 Å². The minimum atomic E-state index is -0.0150. The van der Waals surface area contributed by atoms with Crippen LogP contribution < -0.4 is 5.32 Å². The second-order valence-corrected chi connectivity index (χ2v) is 3.61. The first-order valence-corrected chi connectivity index (χ1v) is 4.42. The van der Waals surface area contributed by atoms with E-state index < -0.39 is 0 Å². The van der Waals surface area contributed by atoms with Crippen molar-refractivity contribution in [2.75, 3.05) is 6.26 Å². The highest BCUT2D eigenvalue weighted by atomic mass is 32.2. The number of hydrogen-bond acceptors (Lipinski definition) is 2. The van der Waals surface area contributed by atoms with Crippen LogP contribution in [0.1, 0.15) is 12.8 Å². The molecule has 1 aliphatic rings. The molecule has 3 heteroatoms. The van der Waals surface area contributed by atoms with Crippen LogP contribution in [0.2, 0.25) is 0 Å². The maximum atomic E-state index is 10.6. The molecule has 0 bridgehead atoms. The highest BCUT2D eigenvalue weighted by Gasteiger charge is 2.40. The fourth-order valence-electron chi connectivity index (χ4n) is 1.06. The van der Waals surface area contributed by atoms with Gasteiger partial charge in [0.15, 0.2) is 0 Å². The van der Waals surface area contributed by atoms with Gasteiger partial charge in [-0.05, 0) is 12.7 Å². The van der Waals surface area contributed by atoms with Gasteiger partial charge in [-0.2, -0.15) is 0 Å². The van der Waals surface area contributed by atoms with Crippen LogP contribution in [0.3, 0.4) is 0 Å². The van der Waals surface area contributed by atoms with E-state index >= 15 is 0 Å². The molecule has 1 heterocycles. The monoisotopic (exact) mass is 157 g/mol. The number of nitrogens with one attached hydrogen (secondary N) is 1. The fourth-order valence-corrected chi connectivity index (χ4v) is 1.83. The Morgan fingerprint density at radius 2 is 2.60 bits per heavy atom. The predicted molar refractivity (Wildman–Crippen MR) is 43.8 cm³/mol. The molecule has 1 unspecified atom stereocenters. The van der Waals surface area contributed by atoms with Crippen molar-refractivity contribution in [2.45, 2.75) is 17.7 Å². The molecule has 1 rings (SSSR count). The van der Waals surface area contributed by atoms with Gasteiger partial charge in [0.05, 0.1) is 11.3 Å². The van der Waals surface area contributed by atoms with Gasteiger partial charge in [-0.1, -0.05) is 6.08 Å². The summed E-state index contributed by atoms with van der Waals surface area (Å²) in [6.45, 7) is 3.64. The molecule has 1 saturated heterocycles. The van der Waals surface area contributed by atoms with Crippen molar-refractivity contribution in [1.82, 2.24) is 5.32 Å². The zero-order valence-corrected chi connectivity index (χ0v) is 6.83. The molecule has 10 heavy (non-hydrogen) atoms.